The third-order valence-corrected chi connectivity index (χ3v) is 3.86. The Kier molecular flexibility index (Phi) is 3.23. The summed E-state index contributed by atoms with van der Waals surface area (Å²) in [6, 6.07) is 6.74. The second-order valence-electron chi connectivity index (χ2n) is 5.45. The highest BCUT2D eigenvalue weighted by Gasteiger charge is 2.19. The summed E-state index contributed by atoms with van der Waals surface area (Å²) >= 11 is 0. The molecule has 0 radical (unpaired) electrons. The normalized spacial score (nSPS) is 11.1. The van der Waals surface area contributed by atoms with Crippen molar-refractivity contribution in [1.29, 1.82) is 0 Å². The molecule has 0 unspecified atom stereocenters. The van der Waals surface area contributed by atoms with Crippen LogP contribution < -0.4 is 5.43 Å². The molecule has 0 spiro atoms. The summed E-state index contributed by atoms with van der Waals surface area (Å²) in [6.45, 7) is 3.63. The molecule has 6 nitrogen and oxygen atoms in total. The van der Waals surface area contributed by atoms with Gasteiger partial charge in [0.15, 0.2) is 11.0 Å². The minimum Gasteiger partial charge on any atom is -0.453 e. The van der Waals surface area contributed by atoms with Crippen LogP contribution in [0.15, 0.2) is 56.6 Å². The van der Waals surface area contributed by atoms with Crippen LogP contribution in [0.3, 0.4) is 0 Å². The maximum absolute atomic E-state index is 12.5. The first-order chi connectivity index (χ1) is 11.6. The van der Waals surface area contributed by atoms with Crippen LogP contribution in [0, 0.1) is 13.8 Å². The van der Waals surface area contributed by atoms with E-state index in [1.165, 1.54) is 6.07 Å². The van der Waals surface area contributed by atoms with Gasteiger partial charge < -0.3 is 8.94 Å². The van der Waals surface area contributed by atoms with Gasteiger partial charge in [0.2, 0.25) is 0 Å². The highest BCUT2D eigenvalue weighted by atomic mass is 16.5. The van der Waals surface area contributed by atoms with Crippen LogP contribution in [-0.4, -0.2) is 15.1 Å². The monoisotopic (exact) mass is 319 g/mol. The molecule has 4 aromatic heterocycles. The molecule has 0 saturated heterocycles. The third-order valence-electron chi connectivity index (χ3n) is 3.86. The molecule has 0 saturated carbocycles. The molecule has 0 aliphatic heterocycles. The number of nitrogens with zero attached hydrogens (tertiary/aromatic N) is 3. The van der Waals surface area contributed by atoms with Crippen molar-refractivity contribution in [3.05, 3.63) is 64.5 Å². The standard InChI is InChI=1S/C18H13N3O3/c1-10-16(11(2)24-21-10)17-18-13(5-7-20-17)14(22)8-15(23-18)12-4-3-6-19-9-12/h3-9H,1-2H3. The molecule has 4 aromatic rings. The van der Waals surface area contributed by atoms with E-state index >= 15 is 0 Å². The first-order valence-electron chi connectivity index (χ1n) is 7.41. The molecule has 4 heterocycles. The SMILES string of the molecule is Cc1noc(C)c1-c1nccc2c(=O)cc(-c3cccnc3)oc12. The van der Waals surface area contributed by atoms with Crippen molar-refractivity contribution >= 4 is 11.0 Å². The molecule has 24 heavy (non-hydrogen) atoms. The van der Waals surface area contributed by atoms with Gasteiger partial charge in [-0.15, -0.1) is 0 Å². The van der Waals surface area contributed by atoms with E-state index in [1.807, 2.05) is 13.0 Å². The van der Waals surface area contributed by atoms with Crippen LogP contribution in [0.4, 0.5) is 0 Å². The Morgan fingerprint density at radius 3 is 2.71 bits per heavy atom. The maximum Gasteiger partial charge on any atom is 0.193 e. The molecule has 0 aliphatic rings. The van der Waals surface area contributed by atoms with Crippen LogP contribution in [0.2, 0.25) is 0 Å². The Hall–Kier alpha value is -3.28. The number of aromatic nitrogens is 3. The van der Waals surface area contributed by atoms with Crippen molar-refractivity contribution in [2.24, 2.45) is 0 Å². The molecule has 4 rings (SSSR count). The smallest absolute Gasteiger partial charge is 0.193 e. The fourth-order valence-corrected chi connectivity index (χ4v) is 2.73. The van der Waals surface area contributed by atoms with Crippen LogP contribution in [0.25, 0.3) is 33.6 Å². The predicted molar refractivity (Wildman–Crippen MR) is 88.5 cm³/mol. The quantitative estimate of drug-likeness (QED) is 0.562. The van der Waals surface area contributed by atoms with Crippen molar-refractivity contribution in [2.75, 3.05) is 0 Å². The second kappa shape index (κ2) is 5.42. The van der Waals surface area contributed by atoms with Gasteiger partial charge in [-0.25, -0.2) is 0 Å². The Balaban J connectivity index is 2.06. The van der Waals surface area contributed by atoms with Crippen LogP contribution >= 0.6 is 0 Å². The first kappa shape index (κ1) is 14.3. The number of hydrogen-bond acceptors (Lipinski definition) is 6. The Morgan fingerprint density at radius 2 is 2.00 bits per heavy atom. The van der Waals surface area contributed by atoms with Gasteiger partial charge in [-0.3, -0.25) is 14.8 Å². The summed E-state index contributed by atoms with van der Waals surface area (Å²) in [6.07, 6.45) is 4.90. The van der Waals surface area contributed by atoms with E-state index in [0.717, 1.165) is 11.1 Å². The third kappa shape index (κ3) is 2.20. The number of rotatable bonds is 2. The molecular formula is C18H13N3O3. The molecular weight excluding hydrogens is 306 g/mol. The van der Waals surface area contributed by atoms with E-state index in [1.54, 1.807) is 37.6 Å². The van der Waals surface area contributed by atoms with Crippen LogP contribution in [0.5, 0.6) is 0 Å². The summed E-state index contributed by atoms with van der Waals surface area (Å²) in [5.74, 6) is 1.07. The van der Waals surface area contributed by atoms with Gasteiger partial charge >= 0.3 is 0 Å². The van der Waals surface area contributed by atoms with Crippen molar-refractivity contribution < 1.29 is 8.94 Å². The molecule has 0 atom stereocenters. The lowest BCUT2D eigenvalue weighted by Crippen LogP contribution is -2.02. The van der Waals surface area contributed by atoms with Crippen molar-refractivity contribution in [3.8, 4) is 22.6 Å². The number of fused-ring (bicyclic) bond motifs is 1. The van der Waals surface area contributed by atoms with Crippen molar-refractivity contribution in [1.82, 2.24) is 15.1 Å². The van der Waals surface area contributed by atoms with E-state index in [0.29, 0.717) is 33.9 Å². The van der Waals surface area contributed by atoms with Gasteiger partial charge in [-0.05, 0) is 32.0 Å². The first-order valence-corrected chi connectivity index (χ1v) is 7.41. The minimum absolute atomic E-state index is 0.134. The van der Waals surface area contributed by atoms with E-state index < -0.39 is 0 Å². The molecule has 6 heteroatoms. The molecule has 0 bridgehead atoms. The van der Waals surface area contributed by atoms with Crippen LogP contribution in [-0.2, 0) is 0 Å². The van der Waals surface area contributed by atoms with Gasteiger partial charge in [0, 0.05) is 30.2 Å². The van der Waals surface area contributed by atoms with E-state index in [2.05, 4.69) is 15.1 Å². The molecule has 0 aromatic carbocycles. The number of pyridine rings is 2. The van der Waals surface area contributed by atoms with Crippen LogP contribution in [0.1, 0.15) is 11.5 Å². The minimum atomic E-state index is -0.134. The largest absolute Gasteiger partial charge is 0.453 e. The molecule has 0 aliphatic carbocycles. The zero-order valence-electron chi connectivity index (χ0n) is 13.1. The zero-order chi connectivity index (χ0) is 16.7. The van der Waals surface area contributed by atoms with Crippen molar-refractivity contribution in [3.63, 3.8) is 0 Å². The Bertz CT molecular complexity index is 1080. The maximum atomic E-state index is 12.5. The fourth-order valence-electron chi connectivity index (χ4n) is 2.73. The molecule has 0 N–H and O–H groups in total. The topological polar surface area (TPSA) is 82.0 Å². The molecule has 118 valence electrons. The fraction of sp³-hybridized carbons (Fsp3) is 0.111. The van der Waals surface area contributed by atoms with Gasteiger partial charge in [-0.1, -0.05) is 5.16 Å². The Morgan fingerprint density at radius 1 is 1.12 bits per heavy atom. The van der Waals surface area contributed by atoms with Crippen molar-refractivity contribution in [2.45, 2.75) is 13.8 Å². The summed E-state index contributed by atoms with van der Waals surface area (Å²) in [4.78, 5) is 21.0. The lowest BCUT2D eigenvalue weighted by atomic mass is 10.1. The van der Waals surface area contributed by atoms with Gasteiger partial charge in [0.05, 0.1) is 16.6 Å². The average molecular weight is 319 g/mol. The second-order valence-corrected chi connectivity index (χ2v) is 5.45. The summed E-state index contributed by atoms with van der Waals surface area (Å²) in [5, 5.41) is 4.42. The van der Waals surface area contributed by atoms with E-state index in [4.69, 9.17) is 8.94 Å². The van der Waals surface area contributed by atoms with Gasteiger partial charge in [0.25, 0.3) is 0 Å². The summed E-state index contributed by atoms with van der Waals surface area (Å²) in [5.41, 5.74) is 2.99. The highest BCUT2D eigenvalue weighted by molar-refractivity contribution is 5.91. The summed E-state index contributed by atoms with van der Waals surface area (Å²) in [7, 11) is 0. The highest BCUT2D eigenvalue weighted by Crippen LogP contribution is 2.32. The number of hydrogen-bond donors (Lipinski definition) is 0. The molecule has 0 amide bonds. The molecule has 0 fully saturated rings. The summed E-state index contributed by atoms with van der Waals surface area (Å²) < 4.78 is 11.2. The lowest BCUT2D eigenvalue weighted by Gasteiger charge is -2.06. The van der Waals surface area contributed by atoms with E-state index in [9.17, 15) is 4.79 Å². The number of aryl methyl sites for hydroxylation is 2. The van der Waals surface area contributed by atoms with E-state index in [-0.39, 0.29) is 5.43 Å². The predicted octanol–water partition coefficient (Wildman–Crippen LogP) is 3.52. The van der Waals surface area contributed by atoms with Gasteiger partial charge in [-0.2, -0.15) is 0 Å². The Labute approximate surface area is 136 Å². The average Bonchev–Trinajstić information content (AvgIpc) is 2.94. The van der Waals surface area contributed by atoms with Gasteiger partial charge in [0.1, 0.15) is 17.2 Å². The zero-order valence-corrected chi connectivity index (χ0v) is 13.1. The lowest BCUT2D eigenvalue weighted by molar-refractivity contribution is 0.393.